The molecule has 1 aromatic heterocycles. The zero-order valence-corrected chi connectivity index (χ0v) is 11.8. The van der Waals surface area contributed by atoms with E-state index in [0.29, 0.717) is 17.5 Å². The van der Waals surface area contributed by atoms with Gasteiger partial charge in [-0.25, -0.2) is 4.98 Å². The van der Waals surface area contributed by atoms with Gasteiger partial charge in [-0.05, 0) is 26.2 Å². The lowest BCUT2D eigenvalue weighted by Gasteiger charge is -2.25. The largest absolute Gasteiger partial charge is 0.382 e. The maximum absolute atomic E-state index is 12.3. The van der Waals surface area contributed by atoms with Crippen LogP contribution in [0.3, 0.4) is 0 Å². The summed E-state index contributed by atoms with van der Waals surface area (Å²) in [6.07, 6.45) is 8.81. The SMILES string of the molecule is C#CCN(CC)C(=O)c1sc(NC2CCC2)nc1N. The molecule has 1 saturated carbocycles. The molecule has 3 N–H and O–H groups in total. The molecule has 1 fully saturated rings. The number of hydrogen-bond donors (Lipinski definition) is 2. The lowest BCUT2D eigenvalue weighted by atomic mass is 9.93. The van der Waals surface area contributed by atoms with Gasteiger partial charge in [0.2, 0.25) is 0 Å². The number of thiazole rings is 1. The fourth-order valence-electron chi connectivity index (χ4n) is 1.86. The van der Waals surface area contributed by atoms with Crippen molar-refractivity contribution in [3.63, 3.8) is 0 Å². The molecule has 0 unspecified atom stereocenters. The third kappa shape index (κ3) is 2.99. The van der Waals surface area contributed by atoms with Crippen molar-refractivity contribution >= 4 is 28.2 Å². The van der Waals surface area contributed by atoms with Crippen LogP contribution in [0.5, 0.6) is 0 Å². The van der Waals surface area contributed by atoms with Crippen molar-refractivity contribution in [1.29, 1.82) is 0 Å². The molecule has 0 bridgehead atoms. The molecule has 0 spiro atoms. The number of nitrogens with zero attached hydrogens (tertiary/aromatic N) is 2. The minimum absolute atomic E-state index is 0.142. The van der Waals surface area contributed by atoms with Gasteiger partial charge in [0.25, 0.3) is 5.91 Å². The number of terminal acetylenes is 1. The normalized spacial score (nSPS) is 14.5. The Labute approximate surface area is 117 Å². The van der Waals surface area contributed by atoms with Crippen LogP contribution in [0, 0.1) is 12.3 Å². The number of carbonyl (C=O) groups is 1. The van der Waals surface area contributed by atoms with Gasteiger partial charge in [-0.3, -0.25) is 4.79 Å². The zero-order chi connectivity index (χ0) is 13.8. The van der Waals surface area contributed by atoms with Crippen LogP contribution >= 0.6 is 11.3 Å². The highest BCUT2D eigenvalue weighted by molar-refractivity contribution is 7.18. The number of carbonyl (C=O) groups excluding carboxylic acids is 1. The molecule has 1 aliphatic carbocycles. The number of aromatic nitrogens is 1. The molecule has 5 nitrogen and oxygen atoms in total. The number of anilines is 2. The third-order valence-electron chi connectivity index (χ3n) is 3.23. The molecular formula is C13H18N4OS. The lowest BCUT2D eigenvalue weighted by Crippen LogP contribution is -2.31. The average Bonchev–Trinajstić information content (AvgIpc) is 2.71. The van der Waals surface area contributed by atoms with Gasteiger partial charge in [-0.1, -0.05) is 17.3 Å². The molecule has 102 valence electrons. The molecule has 1 aliphatic rings. The maximum Gasteiger partial charge on any atom is 0.268 e. The summed E-state index contributed by atoms with van der Waals surface area (Å²) in [5.74, 6) is 2.62. The van der Waals surface area contributed by atoms with E-state index >= 15 is 0 Å². The Kier molecular flexibility index (Phi) is 4.27. The number of hydrogen-bond acceptors (Lipinski definition) is 5. The number of nitrogen functional groups attached to an aromatic ring is 1. The average molecular weight is 278 g/mol. The number of amides is 1. The molecule has 1 aromatic rings. The van der Waals surface area contributed by atoms with Gasteiger partial charge in [0.1, 0.15) is 10.7 Å². The standard InChI is InChI=1S/C13H18N4OS/c1-3-8-17(4-2)12(18)10-11(14)16-13(19-10)15-9-6-5-7-9/h1,9H,4-8,14H2,2H3,(H,15,16). The summed E-state index contributed by atoms with van der Waals surface area (Å²) >= 11 is 1.31. The third-order valence-corrected chi connectivity index (χ3v) is 4.22. The summed E-state index contributed by atoms with van der Waals surface area (Å²) in [6.45, 7) is 2.74. The van der Waals surface area contributed by atoms with Crippen LogP contribution in [0.2, 0.25) is 0 Å². The van der Waals surface area contributed by atoms with E-state index in [9.17, 15) is 4.79 Å². The molecule has 0 radical (unpaired) electrons. The van der Waals surface area contributed by atoms with Crippen LogP contribution in [0.15, 0.2) is 0 Å². The first-order valence-corrected chi connectivity index (χ1v) is 7.23. The van der Waals surface area contributed by atoms with Gasteiger partial charge in [-0.2, -0.15) is 0 Å². The van der Waals surface area contributed by atoms with E-state index in [0.717, 1.165) is 18.0 Å². The molecule has 0 aliphatic heterocycles. The Morgan fingerprint density at radius 3 is 2.95 bits per heavy atom. The minimum Gasteiger partial charge on any atom is -0.382 e. The number of rotatable bonds is 5. The van der Waals surface area contributed by atoms with Crippen molar-refractivity contribution in [2.24, 2.45) is 0 Å². The first kappa shape index (κ1) is 13.7. The Bertz CT molecular complexity index is 501. The summed E-state index contributed by atoms with van der Waals surface area (Å²) in [4.78, 5) is 18.5. The quantitative estimate of drug-likeness (QED) is 0.805. The highest BCUT2D eigenvalue weighted by Crippen LogP contribution is 2.30. The first-order chi connectivity index (χ1) is 9.15. The van der Waals surface area contributed by atoms with Crippen molar-refractivity contribution in [1.82, 2.24) is 9.88 Å². The highest BCUT2D eigenvalue weighted by Gasteiger charge is 2.23. The molecule has 19 heavy (non-hydrogen) atoms. The smallest absolute Gasteiger partial charge is 0.268 e. The predicted octanol–water partition coefficient (Wildman–Crippen LogP) is 1.78. The summed E-state index contributed by atoms with van der Waals surface area (Å²) < 4.78 is 0. The van der Waals surface area contributed by atoms with E-state index in [1.54, 1.807) is 4.90 Å². The van der Waals surface area contributed by atoms with Crippen molar-refractivity contribution < 1.29 is 4.79 Å². The van der Waals surface area contributed by atoms with Crippen molar-refractivity contribution in [2.75, 3.05) is 24.1 Å². The molecule has 2 rings (SSSR count). The fraction of sp³-hybridized carbons (Fsp3) is 0.538. The molecular weight excluding hydrogens is 260 g/mol. The second-order valence-corrected chi connectivity index (χ2v) is 5.53. The second kappa shape index (κ2) is 5.93. The Morgan fingerprint density at radius 2 is 2.42 bits per heavy atom. The Morgan fingerprint density at radius 1 is 1.68 bits per heavy atom. The van der Waals surface area contributed by atoms with Crippen molar-refractivity contribution in [3.8, 4) is 12.3 Å². The van der Waals surface area contributed by atoms with Gasteiger partial charge in [-0.15, -0.1) is 6.42 Å². The Hall–Kier alpha value is -1.74. The highest BCUT2D eigenvalue weighted by atomic mass is 32.1. The van der Waals surface area contributed by atoms with Crippen LogP contribution < -0.4 is 11.1 Å². The van der Waals surface area contributed by atoms with Crippen LogP contribution in [-0.4, -0.2) is 34.9 Å². The summed E-state index contributed by atoms with van der Waals surface area (Å²) in [6, 6.07) is 0.474. The molecule has 0 aromatic carbocycles. The lowest BCUT2D eigenvalue weighted by molar-refractivity contribution is 0.0790. The van der Waals surface area contributed by atoms with Gasteiger partial charge in [0.15, 0.2) is 5.13 Å². The Balaban J connectivity index is 2.10. The zero-order valence-electron chi connectivity index (χ0n) is 11.0. The van der Waals surface area contributed by atoms with Gasteiger partial charge < -0.3 is 16.0 Å². The van der Waals surface area contributed by atoms with E-state index in [-0.39, 0.29) is 18.3 Å². The topological polar surface area (TPSA) is 71.2 Å². The summed E-state index contributed by atoms with van der Waals surface area (Å²) in [7, 11) is 0. The van der Waals surface area contributed by atoms with E-state index in [4.69, 9.17) is 12.2 Å². The van der Waals surface area contributed by atoms with Gasteiger partial charge in [0, 0.05) is 12.6 Å². The van der Waals surface area contributed by atoms with E-state index in [1.165, 1.54) is 17.8 Å². The van der Waals surface area contributed by atoms with E-state index in [2.05, 4.69) is 16.2 Å². The number of nitrogens with two attached hydrogens (primary N) is 1. The van der Waals surface area contributed by atoms with Crippen LogP contribution in [0.1, 0.15) is 35.9 Å². The van der Waals surface area contributed by atoms with E-state index < -0.39 is 0 Å². The fourth-order valence-corrected chi connectivity index (χ4v) is 2.78. The maximum atomic E-state index is 12.3. The molecule has 0 atom stereocenters. The van der Waals surface area contributed by atoms with E-state index in [1.807, 2.05) is 6.92 Å². The van der Waals surface area contributed by atoms with Crippen molar-refractivity contribution in [2.45, 2.75) is 32.2 Å². The molecule has 6 heteroatoms. The van der Waals surface area contributed by atoms with Crippen molar-refractivity contribution in [3.05, 3.63) is 4.88 Å². The molecule has 0 saturated heterocycles. The van der Waals surface area contributed by atoms with Crippen LogP contribution in [0.25, 0.3) is 0 Å². The summed E-state index contributed by atoms with van der Waals surface area (Å²) in [5, 5.41) is 4.02. The van der Waals surface area contributed by atoms with Crippen LogP contribution in [0.4, 0.5) is 10.9 Å². The minimum atomic E-state index is -0.142. The molecule has 1 amide bonds. The van der Waals surface area contributed by atoms with Gasteiger partial charge >= 0.3 is 0 Å². The second-order valence-electron chi connectivity index (χ2n) is 4.53. The molecule has 1 heterocycles. The first-order valence-electron chi connectivity index (χ1n) is 6.41. The monoisotopic (exact) mass is 278 g/mol. The summed E-state index contributed by atoms with van der Waals surface area (Å²) in [5.41, 5.74) is 5.83. The predicted molar refractivity (Wildman–Crippen MR) is 78.2 cm³/mol. The van der Waals surface area contributed by atoms with Crippen LogP contribution in [-0.2, 0) is 0 Å². The number of nitrogens with one attached hydrogen (secondary N) is 1. The van der Waals surface area contributed by atoms with Gasteiger partial charge in [0.05, 0.1) is 6.54 Å².